The number of nitrogens with zero attached hydrogens (tertiary/aromatic N) is 2. The van der Waals surface area contributed by atoms with Gasteiger partial charge in [-0.3, -0.25) is 4.90 Å². The molecule has 0 saturated carbocycles. The number of hydrogen-bond acceptors (Lipinski definition) is 4. The SMILES string of the molecule is CCCC1CCN(C(CN)c2ccc(OC)nc2)CC1. The van der Waals surface area contributed by atoms with E-state index in [0.29, 0.717) is 12.4 Å². The van der Waals surface area contributed by atoms with Gasteiger partial charge in [-0.05, 0) is 37.4 Å². The number of piperidine rings is 1. The fourth-order valence-electron chi connectivity index (χ4n) is 3.17. The Morgan fingerprint density at radius 3 is 2.65 bits per heavy atom. The molecule has 0 aromatic carbocycles. The zero-order valence-electron chi connectivity index (χ0n) is 12.7. The zero-order chi connectivity index (χ0) is 14.4. The van der Waals surface area contributed by atoms with Crippen molar-refractivity contribution in [1.29, 1.82) is 0 Å². The van der Waals surface area contributed by atoms with Crippen molar-refractivity contribution in [2.24, 2.45) is 11.7 Å². The summed E-state index contributed by atoms with van der Waals surface area (Å²) in [6.07, 6.45) is 7.16. The molecular formula is C16H27N3O. The van der Waals surface area contributed by atoms with Gasteiger partial charge in [0.15, 0.2) is 0 Å². The van der Waals surface area contributed by atoms with Crippen LogP contribution in [0.1, 0.15) is 44.2 Å². The van der Waals surface area contributed by atoms with E-state index in [9.17, 15) is 0 Å². The predicted molar refractivity (Wildman–Crippen MR) is 81.8 cm³/mol. The lowest BCUT2D eigenvalue weighted by molar-refractivity contribution is 0.131. The normalized spacial score (nSPS) is 18.9. The molecule has 0 bridgehead atoms. The van der Waals surface area contributed by atoms with Crippen LogP contribution >= 0.6 is 0 Å². The highest BCUT2D eigenvalue weighted by molar-refractivity contribution is 5.21. The van der Waals surface area contributed by atoms with E-state index in [4.69, 9.17) is 10.5 Å². The van der Waals surface area contributed by atoms with Crippen LogP contribution in [0.15, 0.2) is 18.3 Å². The third-order valence-electron chi connectivity index (χ3n) is 4.36. The quantitative estimate of drug-likeness (QED) is 0.868. The third kappa shape index (κ3) is 3.70. The minimum absolute atomic E-state index is 0.288. The van der Waals surface area contributed by atoms with E-state index in [1.165, 1.54) is 31.2 Å². The Morgan fingerprint density at radius 1 is 1.40 bits per heavy atom. The van der Waals surface area contributed by atoms with E-state index < -0.39 is 0 Å². The number of pyridine rings is 1. The summed E-state index contributed by atoms with van der Waals surface area (Å²) >= 11 is 0. The molecule has 1 saturated heterocycles. The van der Waals surface area contributed by atoms with Gasteiger partial charge in [0.2, 0.25) is 5.88 Å². The van der Waals surface area contributed by atoms with Gasteiger partial charge in [-0.25, -0.2) is 4.98 Å². The first-order valence-corrected chi connectivity index (χ1v) is 7.72. The van der Waals surface area contributed by atoms with Crippen molar-refractivity contribution in [2.75, 3.05) is 26.7 Å². The van der Waals surface area contributed by atoms with Crippen molar-refractivity contribution in [3.05, 3.63) is 23.9 Å². The second-order valence-electron chi connectivity index (χ2n) is 5.65. The molecule has 112 valence electrons. The second kappa shape index (κ2) is 7.60. The summed E-state index contributed by atoms with van der Waals surface area (Å²) in [5.41, 5.74) is 7.20. The van der Waals surface area contributed by atoms with E-state index in [1.54, 1.807) is 7.11 Å². The van der Waals surface area contributed by atoms with Crippen LogP contribution in [0.25, 0.3) is 0 Å². The largest absolute Gasteiger partial charge is 0.481 e. The Labute approximate surface area is 122 Å². The third-order valence-corrected chi connectivity index (χ3v) is 4.36. The molecule has 1 fully saturated rings. The highest BCUT2D eigenvalue weighted by atomic mass is 16.5. The highest BCUT2D eigenvalue weighted by Gasteiger charge is 2.25. The zero-order valence-corrected chi connectivity index (χ0v) is 12.7. The minimum Gasteiger partial charge on any atom is -0.481 e. The van der Waals surface area contributed by atoms with E-state index in [1.807, 2.05) is 12.3 Å². The number of aromatic nitrogens is 1. The Hall–Kier alpha value is -1.13. The van der Waals surface area contributed by atoms with Gasteiger partial charge in [0.25, 0.3) is 0 Å². The molecule has 1 aliphatic rings. The monoisotopic (exact) mass is 277 g/mol. The van der Waals surface area contributed by atoms with Crippen LogP contribution in [0.2, 0.25) is 0 Å². The number of ether oxygens (including phenoxy) is 1. The molecule has 20 heavy (non-hydrogen) atoms. The van der Waals surface area contributed by atoms with E-state index in [2.05, 4.69) is 22.9 Å². The molecule has 1 aromatic heterocycles. The number of likely N-dealkylation sites (tertiary alicyclic amines) is 1. The van der Waals surface area contributed by atoms with Crippen LogP contribution in [0.3, 0.4) is 0 Å². The first-order chi connectivity index (χ1) is 9.78. The molecule has 2 N–H and O–H groups in total. The van der Waals surface area contributed by atoms with Crippen molar-refractivity contribution in [3.8, 4) is 5.88 Å². The van der Waals surface area contributed by atoms with Gasteiger partial charge >= 0.3 is 0 Å². The topological polar surface area (TPSA) is 51.4 Å². The maximum Gasteiger partial charge on any atom is 0.212 e. The molecule has 1 aliphatic heterocycles. The summed E-state index contributed by atoms with van der Waals surface area (Å²) in [7, 11) is 1.64. The standard InChI is InChI=1S/C16H27N3O/c1-3-4-13-7-9-19(10-8-13)15(11-17)14-5-6-16(20-2)18-12-14/h5-6,12-13,15H,3-4,7-11,17H2,1-2H3. The van der Waals surface area contributed by atoms with Crippen molar-refractivity contribution in [3.63, 3.8) is 0 Å². The molecule has 0 amide bonds. The molecule has 1 unspecified atom stereocenters. The Kier molecular flexibility index (Phi) is 5.80. The molecule has 2 heterocycles. The predicted octanol–water partition coefficient (Wildman–Crippen LogP) is 2.60. The average Bonchev–Trinajstić information content (AvgIpc) is 2.51. The lowest BCUT2D eigenvalue weighted by Crippen LogP contribution is -2.39. The van der Waals surface area contributed by atoms with Gasteiger partial charge < -0.3 is 10.5 Å². The fraction of sp³-hybridized carbons (Fsp3) is 0.688. The van der Waals surface area contributed by atoms with Crippen molar-refractivity contribution < 1.29 is 4.74 Å². The highest BCUT2D eigenvalue weighted by Crippen LogP contribution is 2.28. The van der Waals surface area contributed by atoms with Gasteiger partial charge in [-0.2, -0.15) is 0 Å². The fourth-order valence-corrected chi connectivity index (χ4v) is 3.17. The van der Waals surface area contributed by atoms with Crippen LogP contribution in [0.5, 0.6) is 5.88 Å². The number of hydrogen-bond donors (Lipinski definition) is 1. The first kappa shape index (κ1) is 15.3. The molecular weight excluding hydrogens is 250 g/mol. The Balaban J connectivity index is 1.97. The molecule has 2 rings (SSSR count). The average molecular weight is 277 g/mol. The van der Waals surface area contributed by atoms with Crippen molar-refractivity contribution in [2.45, 2.75) is 38.6 Å². The van der Waals surface area contributed by atoms with Crippen molar-refractivity contribution >= 4 is 0 Å². The van der Waals surface area contributed by atoms with E-state index >= 15 is 0 Å². The summed E-state index contributed by atoms with van der Waals surface area (Å²) in [5, 5.41) is 0. The van der Waals surface area contributed by atoms with E-state index in [-0.39, 0.29) is 6.04 Å². The van der Waals surface area contributed by atoms with Gasteiger partial charge in [0.05, 0.1) is 7.11 Å². The second-order valence-corrected chi connectivity index (χ2v) is 5.65. The minimum atomic E-state index is 0.288. The van der Waals surface area contributed by atoms with Crippen LogP contribution in [0.4, 0.5) is 0 Å². The molecule has 4 nitrogen and oxygen atoms in total. The number of rotatable bonds is 6. The summed E-state index contributed by atoms with van der Waals surface area (Å²) in [6.45, 7) is 5.22. The lowest BCUT2D eigenvalue weighted by atomic mass is 9.91. The van der Waals surface area contributed by atoms with Crippen LogP contribution in [-0.2, 0) is 0 Å². The first-order valence-electron chi connectivity index (χ1n) is 7.72. The molecule has 0 spiro atoms. The maximum atomic E-state index is 6.00. The number of methoxy groups -OCH3 is 1. The lowest BCUT2D eigenvalue weighted by Gasteiger charge is -2.37. The summed E-state index contributed by atoms with van der Waals surface area (Å²) in [4.78, 5) is 6.81. The Morgan fingerprint density at radius 2 is 2.15 bits per heavy atom. The van der Waals surface area contributed by atoms with Gasteiger partial charge in [-0.15, -0.1) is 0 Å². The molecule has 1 aromatic rings. The van der Waals surface area contributed by atoms with Gasteiger partial charge in [-0.1, -0.05) is 25.8 Å². The molecule has 0 aliphatic carbocycles. The maximum absolute atomic E-state index is 6.00. The molecule has 4 heteroatoms. The summed E-state index contributed by atoms with van der Waals surface area (Å²) < 4.78 is 5.11. The van der Waals surface area contributed by atoms with Crippen LogP contribution in [0, 0.1) is 5.92 Å². The number of nitrogens with two attached hydrogens (primary N) is 1. The van der Waals surface area contributed by atoms with Crippen molar-refractivity contribution in [1.82, 2.24) is 9.88 Å². The smallest absolute Gasteiger partial charge is 0.212 e. The van der Waals surface area contributed by atoms with Gasteiger partial charge in [0, 0.05) is 24.8 Å². The summed E-state index contributed by atoms with van der Waals surface area (Å²) in [6, 6.07) is 4.29. The van der Waals surface area contributed by atoms with Crippen LogP contribution < -0.4 is 10.5 Å². The summed E-state index contributed by atoms with van der Waals surface area (Å²) in [5.74, 6) is 1.56. The Bertz CT molecular complexity index is 385. The van der Waals surface area contributed by atoms with Gasteiger partial charge in [0.1, 0.15) is 0 Å². The van der Waals surface area contributed by atoms with E-state index in [0.717, 1.165) is 19.0 Å². The van der Waals surface area contributed by atoms with Crippen LogP contribution in [-0.4, -0.2) is 36.6 Å². The molecule has 0 radical (unpaired) electrons. The molecule has 1 atom stereocenters.